The number of anilines is 1. The fourth-order valence-corrected chi connectivity index (χ4v) is 0.854. The lowest BCUT2D eigenvalue weighted by Crippen LogP contribution is -1.86. The summed E-state index contributed by atoms with van der Waals surface area (Å²) in [7, 11) is 0. The molecule has 0 saturated heterocycles. The zero-order valence-corrected chi connectivity index (χ0v) is 4.81. The Bertz CT molecular complexity index is 196. The van der Waals surface area contributed by atoms with E-state index in [1.807, 2.05) is 0 Å². The van der Waals surface area contributed by atoms with E-state index < -0.39 is 0 Å². The molecule has 0 unspecified atom stereocenters. The molecule has 0 amide bonds. The topological polar surface area (TPSA) is 56.0 Å². The molecule has 42 valence electrons. The lowest BCUT2D eigenvalue weighted by molar-refractivity contribution is 0.112. The molecule has 1 aromatic rings. The summed E-state index contributed by atoms with van der Waals surface area (Å²) in [5, 5.41) is 0.486. The molecule has 0 atom stereocenters. The van der Waals surface area contributed by atoms with Crippen molar-refractivity contribution >= 4 is 22.6 Å². The first kappa shape index (κ1) is 5.24. The molecule has 3 nitrogen and oxygen atoms in total. The van der Waals surface area contributed by atoms with Crippen LogP contribution in [0.1, 0.15) is 10.5 Å². The Morgan fingerprint density at radius 2 is 2.62 bits per heavy atom. The maximum absolute atomic E-state index is 9.95. The smallest absolute Gasteiger partial charge is 0.171 e. The first-order chi connectivity index (χ1) is 3.84. The van der Waals surface area contributed by atoms with Crippen molar-refractivity contribution in [3.05, 3.63) is 11.2 Å². The standard InChI is InChI=1S/C4H4N2OS/c5-4-3(1-7)6-2-8-4/h1-2H,5H2. The van der Waals surface area contributed by atoms with E-state index in [0.29, 0.717) is 17.0 Å². The molecule has 0 fully saturated rings. The van der Waals surface area contributed by atoms with Gasteiger partial charge in [-0.15, -0.1) is 11.3 Å². The summed E-state index contributed by atoms with van der Waals surface area (Å²) in [4.78, 5) is 13.6. The molecule has 1 aromatic heterocycles. The number of thiazole rings is 1. The van der Waals surface area contributed by atoms with Gasteiger partial charge in [0.2, 0.25) is 0 Å². The second-order valence-corrected chi connectivity index (χ2v) is 2.11. The van der Waals surface area contributed by atoms with Crippen molar-refractivity contribution < 1.29 is 4.79 Å². The van der Waals surface area contributed by atoms with Crippen molar-refractivity contribution in [1.82, 2.24) is 4.98 Å². The Kier molecular flexibility index (Phi) is 1.26. The Balaban J connectivity index is 3.09. The number of rotatable bonds is 1. The van der Waals surface area contributed by atoms with Gasteiger partial charge in [-0.2, -0.15) is 0 Å². The normalized spacial score (nSPS) is 9.00. The van der Waals surface area contributed by atoms with Gasteiger partial charge < -0.3 is 5.73 Å². The van der Waals surface area contributed by atoms with Crippen LogP contribution in [-0.4, -0.2) is 11.3 Å². The van der Waals surface area contributed by atoms with Gasteiger partial charge in [0.25, 0.3) is 0 Å². The second kappa shape index (κ2) is 1.92. The number of nitrogen functional groups attached to an aromatic ring is 1. The van der Waals surface area contributed by atoms with Crippen molar-refractivity contribution in [1.29, 1.82) is 0 Å². The number of carbonyl (C=O) groups is 1. The summed E-state index contributed by atoms with van der Waals surface area (Å²) in [6, 6.07) is 0. The van der Waals surface area contributed by atoms with Gasteiger partial charge in [-0.1, -0.05) is 0 Å². The average molecular weight is 128 g/mol. The molecule has 8 heavy (non-hydrogen) atoms. The molecule has 0 aliphatic rings. The molecule has 0 aromatic carbocycles. The van der Waals surface area contributed by atoms with E-state index in [-0.39, 0.29) is 0 Å². The molecular weight excluding hydrogens is 124 g/mol. The largest absolute Gasteiger partial charge is 0.389 e. The van der Waals surface area contributed by atoms with Gasteiger partial charge in [0.15, 0.2) is 6.29 Å². The Morgan fingerprint density at radius 3 is 2.88 bits per heavy atom. The number of hydrogen-bond donors (Lipinski definition) is 1. The highest BCUT2D eigenvalue weighted by atomic mass is 32.1. The SMILES string of the molecule is Nc1scnc1C=O. The molecule has 1 heterocycles. The summed E-state index contributed by atoms with van der Waals surface area (Å²) in [6.07, 6.45) is 0.645. The second-order valence-electron chi connectivity index (χ2n) is 1.22. The van der Waals surface area contributed by atoms with Gasteiger partial charge in [-0.25, -0.2) is 4.98 Å². The van der Waals surface area contributed by atoms with Crippen LogP contribution in [0.3, 0.4) is 0 Å². The van der Waals surface area contributed by atoms with Crippen molar-refractivity contribution in [3.8, 4) is 0 Å². The van der Waals surface area contributed by atoms with E-state index in [1.165, 1.54) is 11.3 Å². The van der Waals surface area contributed by atoms with Crippen LogP contribution in [0.5, 0.6) is 0 Å². The van der Waals surface area contributed by atoms with Gasteiger partial charge in [0.05, 0.1) is 5.51 Å². The third-order valence-electron chi connectivity index (χ3n) is 0.736. The van der Waals surface area contributed by atoms with Crippen molar-refractivity contribution in [2.45, 2.75) is 0 Å². The van der Waals surface area contributed by atoms with Crippen LogP contribution in [0.4, 0.5) is 5.00 Å². The highest BCUT2D eigenvalue weighted by molar-refractivity contribution is 7.14. The summed E-state index contributed by atoms with van der Waals surface area (Å²) in [5.41, 5.74) is 7.16. The fourth-order valence-electron chi connectivity index (χ4n) is 0.352. The zero-order valence-electron chi connectivity index (χ0n) is 4.00. The van der Waals surface area contributed by atoms with Gasteiger partial charge in [0, 0.05) is 0 Å². The number of aldehydes is 1. The van der Waals surface area contributed by atoms with Gasteiger partial charge >= 0.3 is 0 Å². The number of carbonyl (C=O) groups excluding carboxylic acids is 1. The quantitative estimate of drug-likeness (QED) is 0.561. The van der Waals surface area contributed by atoms with Gasteiger partial charge in [-0.05, 0) is 0 Å². The summed E-state index contributed by atoms with van der Waals surface area (Å²) in [6.45, 7) is 0. The molecular formula is C4H4N2OS. The summed E-state index contributed by atoms with van der Waals surface area (Å²) in [5.74, 6) is 0. The van der Waals surface area contributed by atoms with E-state index in [0.717, 1.165) is 0 Å². The Hall–Kier alpha value is -0.900. The van der Waals surface area contributed by atoms with Gasteiger partial charge in [0.1, 0.15) is 10.7 Å². The van der Waals surface area contributed by atoms with Crippen molar-refractivity contribution in [2.24, 2.45) is 0 Å². The maximum Gasteiger partial charge on any atom is 0.171 e. The molecule has 4 heteroatoms. The summed E-state index contributed by atoms with van der Waals surface area (Å²) < 4.78 is 0. The maximum atomic E-state index is 9.95. The third-order valence-corrected chi connectivity index (χ3v) is 1.41. The lowest BCUT2D eigenvalue weighted by atomic mass is 10.5. The molecule has 2 N–H and O–H groups in total. The van der Waals surface area contributed by atoms with E-state index in [4.69, 9.17) is 5.73 Å². The first-order valence-corrected chi connectivity index (χ1v) is 2.86. The number of aromatic nitrogens is 1. The van der Waals surface area contributed by atoms with E-state index in [9.17, 15) is 4.79 Å². The van der Waals surface area contributed by atoms with Crippen LogP contribution in [0.25, 0.3) is 0 Å². The van der Waals surface area contributed by atoms with Crippen LogP contribution in [0.2, 0.25) is 0 Å². The highest BCUT2D eigenvalue weighted by Gasteiger charge is 1.96. The third kappa shape index (κ3) is 0.696. The zero-order chi connectivity index (χ0) is 5.98. The number of hydrogen-bond acceptors (Lipinski definition) is 4. The molecule has 0 radical (unpaired) electrons. The molecule has 0 spiro atoms. The average Bonchev–Trinajstić information content (AvgIpc) is 2.14. The molecule has 0 bridgehead atoms. The fraction of sp³-hybridized carbons (Fsp3) is 0. The van der Waals surface area contributed by atoms with Crippen molar-refractivity contribution in [3.63, 3.8) is 0 Å². The van der Waals surface area contributed by atoms with Crippen LogP contribution >= 0.6 is 11.3 Å². The Labute approximate surface area is 50.2 Å². The lowest BCUT2D eigenvalue weighted by Gasteiger charge is -1.78. The molecule has 0 aliphatic carbocycles. The predicted octanol–water partition coefficient (Wildman–Crippen LogP) is 0.538. The van der Waals surface area contributed by atoms with E-state index in [1.54, 1.807) is 5.51 Å². The molecule has 1 rings (SSSR count). The predicted molar refractivity (Wildman–Crippen MR) is 31.9 cm³/mol. The van der Waals surface area contributed by atoms with Crippen LogP contribution in [0.15, 0.2) is 5.51 Å². The number of nitrogens with zero attached hydrogens (tertiary/aromatic N) is 1. The molecule has 0 aliphatic heterocycles. The molecule has 0 saturated carbocycles. The summed E-state index contributed by atoms with van der Waals surface area (Å²) >= 11 is 1.26. The minimum absolute atomic E-state index is 0.343. The van der Waals surface area contributed by atoms with E-state index >= 15 is 0 Å². The van der Waals surface area contributed by atoms with Crippen molar-refractivity contribution in [2.75, 3.05) is 5.73 Å². The van der Waals surface area contributed by atoms with Crippen LogP contribution < -0.4 is 5.73 Å². The van der Waals surface area contributed by atoms with Gasteiger partial charge in [-0.3, -0.25) is 4.79 Å². The first-order valence-electron chi connectivity index (χ1n) is 1.98. The minimum Gasteiger partial charge on any atom is -0.389 e. The highest BCUT2D eigenvalue weighted by Crippen LogP contribution is 2.11. The Morgan fingerprint density at radius 1 is 1.88 bits per heavy atom. The van der Waals surface area contributed by atoms with Crippen LogP contribution in [-0.2, 0) is 0 Å². The van der Waals surface area contributed by atoms with E-state index in [2.05, 4.69) is 4.98 Å². The minimum atomic E-state index is 0.343. The number of nitrogens with two attached hydrogens (primary N) is 1. The monoisotopic (exact) mass is 128 g/mol. The van der Waals surface area contributed by atoms with Crippen LogP contribution in [0, 0.1) is 0 Å².